The zero-order valence-corrected chi connectivity index (χ0v) is 16.7. The van der Waals surface area contributed by atoms with Crippen LogP contribution >= 0.6 is 12.2 Å². The van der Waals surface area contributed by atoms with Gasteiger partial charge < -0.3 is 15.4 Å². The Kier molecular flexibility index (Phi) is 6.15. The van der Waals surface area contributed by atoms with Gasteiger partial charge in [-0.05, 0) is 99.6 Å². The molecule has 0 aliphatic heterocycles. The van der Waals surface area contributed by atoms with Crippen LogP contribution < -0.4 is 15.4 Å². The van der Waals surface area contributed by atoms with Crippen LogP contribution in [0.15, 0.2) is 42.5 Å². The summed E-state index contributed by atoms with van der Waals surface area (Å²) in [5.74, 6) is 0.935. The number of rotatable bonds is 5. The number of thiocarbonyl (C=S) groups is 1. The molecule has 0 bridgehead atoms. The van der Waals surface area contributed by atoms with Crippen LogP contribution in [0, 0.1) is 13.8 Å². The number of nitrogens with one attached hydrogen (secondary N) is 2. The van der Waals surface area contributed by atoms with Crippen molar-refractivity contribution in [3.8, 4) is 5.75 Å². The van der Waals surface area contributed by atoms with Crippen molar-refractivity contribution in [3.63, 3.8) is 0 Å². The lowest BCUT2D eigenvalue weighted by molar-refractivity contribution is 0.210. The number of ether oxygens (including phenoxy) is 1. The normalized spacial score (nSPS) is 15.5. The maximum Gasteiger partial charge on any atom is 0.171 e. The summed E-state index contributed by atoms with van der Waals surface area (Å²) in [4.78, 5) is 0. The molecule has 3 rings (SSSR count). The molecular weight excluding hydrogens is 340 g/mol. The fourth-order valence-electron chi connectivity index (χ4n) is 3.30. The summed E-state index contributed by atoms with van der Waals surface area (Å²) in [6, 6.07) is 14.7. The highest BCUT2D eigenvalue weighted by molar-refractivity contribution is 7.80. The second kappa shape index (κ2) is 8.54. The van der Waals surface area contributed by atoms with E-state index in [4.69, 9.17) is 17.0 Å². The molecule has 0 radical (unpaired) electrons. The Hall–Kier alpha value is -2.07. The molecule has 2 aromatic carbocycles. The van der Waals surface area contributed by atoms with Gasteiger partial charge in [-0.2, -0.15) is 0 Å². The summed E-state index contributed by atoms with van der Waals surface area (Å²) in [6.45, 7) is 6.39. The highest BCUT2D eigenvalue weighted by Gasteiger charge is 2.16. The van der Waals surface area contributed by atoms with Crippen LogP contribution in [0.25, 0.3) is 0 Å². The molecule has 0 amide bonds. The van der Waals surface area contributed by atoms with Crippen molar-refractivity contribution in [2.45, 2.75) is 58.6 Å². The summed E-state index contributed by atoms with van der Waals surface area (Å²) < 4.78 is 6.00. The molecule has 0 spiro atoms. The molecule has 3 nitrogen and oxygen atoms in total. The Bertz CT molecular complexity index is 751. The van der Waals surface area contributed by atoms with Crippen LogP contribution in [-0.2, 0) is 0 Å². The number of anilines is 1. The quantitative estimate of drug-likeness (QED) is 0.666. The zero-order chi connectivity index (χ0) is 18.5. The summed E-state index contributed by atoms with van der Waals surface area (Å²) >= 11 is 5.47. The van der Waals surface area contributed by atoms with Gasteiger partial charge in [0, 0.05) is 5.69 Å². The Labute approximate surface area is 162 Å². The number of benzene rings is 2. The first-order valence-corrected chi connectivity index (χ1v) is 9.83. The Morgan fingerprint density at radius 3 is 2.38 bits per heavy atom. The van der Waals surface area contributed by atoms with E-state index in [0.717, 1.165) is 11.4 Å². The number of aryl methyl sites for hydroxylation is 2. The van der Waals surface area contributed by atoms with Gasteiger partial charge in [0.1, 0.15) is 5.75 Å². The average molecular weight is 369 g/mol. The molecule has 1 atom stereocenters. The predicted octanol–water partition coefficient (Wildman–Crippen LogP) is 5.67. The first kappa shape index (κ1) is 18.7. The monoisotopic (exact) mass is 368 g/mol. The minimum atomic E-state index is 0.152. The van der Waals surface area contributed by atoms with E-state index in [1.54, 1.807) is 0 Å². The third kappa shape index (κ3) is 4.98. The maximum absolute atomic E-state index is 6.00. The summed E-state index contributed by atoms with van der Waals surface area (Å²) in [7, 11) is 0. The van der Waals surface area contributed by atoms with Crippen LogP contribution in [0.4, 0.5) is 5.69 Å². The minimum Gasteiger partial charge on any atom is -0.490 e. The first-order chi connectivity index (χ1) is 12.5. The lowest BCUT2D eigenvalue weighted by Crippen LogP contribution is -2.30. The van der Waals surface area contributed by atoms with E-state index in [9.17, 15) is 0 Å². The molecule has 2 aromatic rings. The molecule has 1 aliphatic carbocycles. The van der Waals surface area contributed by atoms with Crippen LogP contribution in [0.5, 0.6) is 5.75 Å². The molecular formula is C22H28N2OS. The minimum absolute atomic E-state index is 0.152. The third-order valence-corrected chi connectivity index (χ3v) is 5.32. The van der Waals surface area contributed by atoms with E-state index in [-0.39, 0.29) is 6.04 Å². The summed E-state index contributed by atoms with van der Waals surface area (Å²) in [6.07, 6.45) is 5.29. The summed E-state index contributed by atoms with van der Waals surface area (Å²) in [5.41, 5.74) is 4.81. The van der Waals surface area contributed by atoms with Crippen LogP contribution in [-0.4, -0.2) is 11.2 Å². The molecule has 4 heteroatoms. The van der Waals surface area contributed by atoms with Crippen LogP contribution in [0.1, 0.15) is 55.3 Å². The highest BCUT2D eigenvalue weighted by atomic mass is 32.1. The predicted molar refractivity (Wildman–Crippen MR) is 113 cm³/mol. The smallest absolute Gasteiger partial charge is 0.171 e. The van der Waals surface area contributed by atoms with Gasteiger partial charge >= 0.3 is 0 Å². The molecule has 1 unspecified atom stereocenters. The number of hydrogen-bond donors (Lipinski definition) is 2. The Morgan fingerprint density at radius 2 is 1.73 bits per heavy atom. The molecule has 1 saturated carbocycles. The molecule has 1 aliphatic rings. The molecule has 1 fully saturated rings. The van der Waals surface area contributed by atoms with Crippen molar-refractivity contribution in [1.82, 2.24) is 5.32 Å². The number of hydrogen-bond acceptors (Lipinski definition) is 2. The van der Waals surface area contributed by atoms with Crippen molar-refractivity contribution >= 4 is 23.0 Å². The standard InChI is InChI=1S/C22H28N2OS/c1-15-8-9-18(14-16(15)2)17(3)23-22(26)24-19-10-12-21(13-11-19)25-20-6-4-5-7-20/h8-14,17,20H,4-7H2,1-3H3,(H2,23,24,26). The molecule has 0 heterocycles. The molecule has 0 aromatic heterocycles. The maximum atomic E-state index is 6.00. The van der Waals surface area contributed by atoms with E-state index in [0.29, 0.717) is 11.2 Å². The van der Waals surface area contributed by atoms with Crippen LogP contribution in [0.3, 0.4) is 0 Å². The van der Waals surface area contributed by atoms with Gasteiger partial charge in [0.15, 0.2) is 5.11 Å². The largest absolute Gasteiger partial charge is 0.490 e. The van der Waals surface area contributed by atoms with Gasteiger partial charge in [-0.3, -0.25) is 0 Å². The van der Waals surface area contributed by atoms with Gasteiger partial charge in [-0.15, -0.1) is 0 Å². The Balaban J connectivity index is 1.52. The van der Waals surface area contributed by atoms with Gasteiger partial charge in [0.25, 0.3) is 0 Å². The fourth-order valence-corrected chi connectivity index (χ4v) is 3.59. The first-order valence-electron chi connectivity index (χ1n) is 9.42. The summed E-state index contributed by atoms with van der Waals surface area (Å²) in [5, 5.41) is 7.23. The van der Waals surface area contributed by atoms with Gasteiger partial charge in [0.05, 0.1) is 12.1 Å². The van der Waals surface area contributed by atoms with Crippen molar-refractivity contribution < 1.29 is 4.74 Å². The Morgan fingerprint density at radius 1 is 1.04 bits per heavy atom. The third-order valence-electron chi connectivity index (χ3n) is 5.10. The lowest BCUT2D eigenvalue weighted by Gasteiger charge is -2.19. The fraction of sp³-hybridized carbons (Fsp3) is 0.409. The van der Waals surface area contributed by atoms with Crippen molar-refractivity contribution in [2.24, 2.45) is 0 Å². The molecule has 0 saturated heterocycles. The van der Waals surface area contributed by atoms with Gasteiger partial charge in [0.2, 0.25) is 0 Å². The van der Waals surface area contributed by atoms with Gasteiger partial charge in [-0.25, -0.2) is 0 Å². The van der Waals surface area contributed by atoms with E-state index in [1.165, 1.54) is 42.4 Å². The molecule has 2 N–H and O–H groups in total. The van der Waals surface area contributed by atoms with Crippen LogP contribution in [0.2, 0.25) is 0 Å². The SMILES string of the molecule is Cc1ccc(C(C)NC(=S)Nc2ccc(OC3CCCC3)cc2)cc1C. The highest BCUT2D eigenvalue weighted by Crippen LogP contribution is 2.25. The van der Waals surface area contributed by atoms with E-state index in [1.807, 2.05) is 24.3 Å². The van der Waals surface area contributed by atoms with Gasteiger partial charge in [-0.1, -0.05) is 18.2 Å². The topological polar surface area (TPSA) is 33.3 Å². The van der Waals surface area contributed by atoms with E-state index < -0.39 is 0 Å². The lowest BCUT2D eigenvalue weighted by atomic mass is 10.0. The van der Waals surface area contributed by atoms with E-state index in [2.05, 4.69) is 49.6 Å². The zero-order valence-electron chi connectivity index (χ0n) is 15.8. The van der Waals surface area contributed by atoms with Crippen molar-refractivity contribution in [3.05, 3.63) is 59.2 Å². The van der Waals surface area contributed by atoms with Crippen molar-refractivity contribution in [2.75, 3.05) is 5.32 Å². The second-order valence-electron chi connectivity index (χ2n) is 7.21. The van der Waals surface area contributed by atoms with E-state index >= 15 is 0 Å². The molecule has 138 valence electrons. The second-order valence-corrected chi connectivity index (χ2v) is 7.62. The molecule has 26 heavy (non-hydrogen) atoms. The average Bonchev–Trinajstić information content (AvgIpc) is 3.12. The van der Waals surface area contributed by atoms with Crippen molar-refractivity contribution in [1.29, 1.82) is 0 Å².